The molecule has 1 aliphatic heterocycles. The normalized spacial score (nSPS) is 23.9. The highest BCUT2D eigenvalue weighted by atomic mass is 16.2. The topological polar surface area (TPSA) is 32.3 Å². The van der Waals surface area contributed by atoms with Gasteiger partial charge < -0.3 is 0 Å². The number of nitrogens with zero attached hydrogens (tertiary/aromatic N) is 1. The van der Waals surface area contributed by atoms with E-state index in [-0.39, 0.29) is 11.4 Å². The van der Waals surface area contributed by atoms with Crippen LogP contribution in [0.25, 0.3) is 0 Å². The molecule has 52 valence electrons. The zero-order valence-electron chi connectivity index (χ0n) is 6.06. The van der Waals surface area contributed by atoms with E-state index < -0.39 is 0 Å². The van der Waals surface area contributed by atoms with E-state index in [1.54, 1.807) is 12.1 Å². The van der Waals surface area contributed by atoms with Crippen molar-refractivity contribution in [2.75, 3.05) is 7.05 Å². The van der Waals surface area contributed by atoms with Gasteiger partial charge in [-0.05, 0) is 13.8 Å². The SMILES string of the molecule is CNN1C(=O)CC1(C)C. The second kappa shape index (κ2) is 1.70. The van der Waals surface area contributed by atoms with Crippen molar-refractivity contribution in [1.82, 2.24) is 10.4 Å². The lowest BCUT2D eigenvalue weighted by molar-refractivity contribution is -0.159. The summed E-state index contributed by atoms with van der Waals surface area (Å²) in [4.78, 5) is 10.7. The van der Waals surface area contributed by atoms with Crippen LogP contribution >= 0.6 is 0 Å². The van der Waals surface area contributed by atoms with E-state index >= 15 is 0 Å². The summed E-state index contributed by atoms with van der Waals surface area (Å²) in [6.45, 7) is 4.07. The summed E-state index contributed by atoms with van der Waals surface area (Å²) in [5.74, 6) is 0.183. The van der Waals surface area contributed by atoms with Crippen molar-refractivity contribution in [3.05, 3.63) is 0 Å². The monoisotopic (exact) mass is 128 g/mol. The van der Waals surface area contributed by atoms with E-state index in [9.17, 15) is 4.79 Å². The van der Waals surface area contributed by atoms with Gasteiger partial charge in [-0.1, -0.05) is 0 Å². The van der Waals surface area contributed by atoms with E-state index in [0.29, 0.717) is 6.42 Å². The summed E-state index contributed by atoms with van der Waals surface area (Å²) in [6, 6.07) is 0. The summed E-state index contributed by atoms with van der Waals surface area (Å²) < 4.78 is 0. The first-order valence-electron chi connectivity index (χ1n) is 3.08. The van der Waals surface area contributed by atoms with Crippen LogP contribution in [0, 0.1) is 0 Å². The molecule has 0 aromatic carbocycles. The Kier molecular flexibility index (Phi) is 1.24. The smallest absolute Gasteiger partial charge is 0.239 e. The number of hydrazine groups is 1. The predicted octanol–water partition coefficient (Wildman–Crippen LogP) is 0.132. The highest BCUT2D eigenvalue weighted by molar-refractivity contribution is 5.83. The molecular weight excluding hydrogens is 116 g/mol. The molecule has 0 saturated carbocycles. The molecule has 3 heteroatoms. The van der Waals surface area contributed by atoms with Crippen molar-refractivity contribution in [2.24, 2.45) is 0 Å². The number of carbonyl (C=O) groups is 1. The van der Waals surface area contributed by atoms with Crippen molar-refractivity contribution in [3.63, 3.8) is 0 Å². The molecule has 1 aliphatic rings. The minimum atomic E-state index is 0.0336. The number of rotatable bonds is 1. The Morgan fingerprint density at radius 2 is 2.22 bits per heavy atom. The van der Waals surface area contributed by atoms with E-state index in [2.05, 4.69) is 5.43 Å². The molecule has 1 rings (SSSR count). The van der Waals surface area contributed by atoms with E-state index in [1.807, 2.05) is 13.8 Å². The van der Waals surface area contributed by atoms with Crippen LogP contribution in [-0.4, -0.2) is 23.5 Å². The van der Waals surface area contributed by atoms with Gasteiger partial charge in [0.15, 0.2) is 0 Å². The van der Waals surface area contributed by atoms with Crippen LogP contribution < -0.4 is 5.43 Å². The van der Waals surface area contributed by atoms with Crippen LogP contribution in [0.3, 0.4) is 0 Å². The summed E-state index contributed by atoms with van der Waals surface area (Å²) in [5.41, 5.74) is 2.86. The maximum absolute atomic E-state index is 10.7. The lowest BCUT2D eigenvalue weighted by Crippen LogP contribution is -2.64. The van der Waals surface area contributed by atoms with E-state index in [4.69, 9.17) is 0 Å². The summed E-state index contributed by atoms with van der Waals surface area (Å²) in [5, 5.41) is 1.65. The molecular formula is C6H12N2O. The minimum absolute atomic E-state index is 0.0336. The Bertz CT molecular complexity index is 142. The molecule has 1 amide bonds. The van der Waals surface area contributed by atoms with Crippen molar-refractivity contribution in [3.8, 4) is 0 Å². The third-order valence-corrected chi connectivity index (χ3v) is 1.66. The maximum atomic E-state index is 10.7. The molecule has 0 aromatic heterocycles. The molecule has 0 radical (unpaired) electrons. The number of amides is 1. The molecule has 1 fully saturated rings. The minimum Gasteiger partial charge on any atom is -0.273 e. The lowest BCUT2D eigenvalue weighted by atomic mass is 9.91. The molecule has 0 unspecified atom stereocenters. The molecule has 1 saturated heterocycles. The standard InChI is InChI=1S/C6H12N2O/c1-6(2)4-5(9)8(6)7-3/h7H,4H2,1-3H3. The first-order valence-corrected chi connectivity index (χ1v) is 3.08. The quantitative estimate of drug-likeness (QED) is 0.509. The fraction of sp³-hybridized carbons (Fsp3) is 0.833. The Morgan fingerprint density at radius 3 is 2.33 bits per heavy atom. The Hall–Kier alpha value is -0.570. The van der Waals surface area contributed by atoms with Gasteiger partial charge >= 0.3 is 0 Å². The summed E-state index contributed by atoms with van der Waals surface area (Å²) in [7, 11) is 1.76. The molecule has 0 bridgehead atoms. The number of β-lactam (4-membered cyclic amide) rings is 1. The average molecular weight is 128 g/mol. The highest BCUT2D eigenvalue weighted by Crippen LogP contribution is 2.27. The summed E-state index contributed by atoms with van der Waals surface area (Å²) >= 11 is 0. The van der Waals surface area contributed by atoms with Crippen LogP contribution in [0.15, 0.2) is 0 Å². The van der Waals surface area contributed by atoms with Crippen LogP contribution in [-0.2, 0) is 4.79 Å². The molecule has 1 N–H and O–H groups in total. The average Bonchev–Trinajstić information content (AvgIpc) is 1.63. The fourth-order valence-corrected chi connectivity index (χ4v) is 1.20. The molecule has 0 spiro atoms. The van der Waals surface area contributed by atoms with Gasteiger partial charge in [0.25, 0.3) is 0 Å². The van der Waals surface area contributed by atoms with E-state index in [0.717, 1.165) is 0 Å². The zero-order valence-corrected chi connectivity index (χ0v) is 6.06. The molecule has 0 aromatic rings. The van der Waals surface area contributed by atoms with Gasteiger partial charge in [0.2, 0.25) is 5.91 Å². The van der Waals surface area contributed by atoms with Gasteiger partial charge in [0.1, 0.15) is 0 Å². The van der Waals surface area contributed by atoms with Crippen LogP contribution in [0.2, 0.25) is 0 Å². The Labute approximate surface area is 55.0 Å². The second-order valence-corrected chi connectivity index (χ2v) is 2.94. The molecule has 0 atom stereocenters. The first kappa shape index (κ1) is 6.55. The van der Waals surface area contributed by atoms with E-state index in [1.165, 1.54) is 0 Å². The Balaban J connectivity index is 2.58. The number of hydrogen-bond donors (Lipinski definition) is 1. The van der Waals surface area contributed by atoms with Crippen molar-refractivity contribution in [1.29, 1.82) is 0 Å². The van der Waals surface area contributed by atoms with Gasteiger partial charge in [-0.2, -0.15) is 0 Å². The van der Waals surface area contributed by atoms with Gasteiger partial charge in [0.05, 0.1) is 12.0 Å². The fourth-order valence-electron chi connectivity index (χ4n) is 1.20. The largest absolute Gasteiger partial charge is 0.273 e. The van der Waals surface area contributed by atoms with Gasteiger partial charge in [-0.15, -0.1) is 0 Å². The van der Waals surface area contributed by atoms with Crippen LogP contribution in [0.1, 0.15) is 20.3 Å². The van der Waals surface area contributed by atoms with Crippen molar-refractivity contribution >= 4 is 5.91 Å². The van der Waals surface area contributed by atoms with Gasteiger partial charge in [0, 0.05) is 7.05 Å². The van der Waals surface area contributed by atoms with Crippen molar-refractivity contribution in [2.45, 2.75) is 25.8 Å². The van der Waals surface area contributed by atoms with Gasteiger partial charge in [-0.3, -0.25) is 9.80 Å². The Morgan fingerprint density at radius 1 is 1.67 bits per heavy atom. The maximum Gasteiger partial charge on any atom is 0.239 e. The lowest BCUT2D eigenvalue weighted by Gasteiger charge is -2.46. The van der Waals surface area contributed by atoms with Gasteiger partial charge in [-0.25, -0.2) is 5.43 Å². The second-order valence-electron chi connectivity index (χ2n) is 2.94. The predicted molar refractivity (Wildman–Crippen MR) is 34.6 cm³/mol. The molecule has 9 heavy (non-hydrogen) atoms. The van der Waals surface area contributed by atoms with Crippen LogP contribution in [0.4, 0.5) is 0 Å². The number of hydrogen-bond acceptors (Lipinski definition) is 2. The first-order chi connectivity index (χ1) is 4.08. The summed E-state index contributed by atoms with van der Waals surface area (Å²) in [6.07, 6.45) is 0.661. The highest BCUT2D eigenvalue weighted by Gasteiger charge is 2.42. The van der Waals surface area contributed by atoms with Crippen LogP contribution in [0.5, 0.6) is 0 Å². The molecule has 1 heterocycles. The third-order valence-electron chi connectivity index (χ3n) is 1.66. The molecule has 3 nitrogen and oxygen atoms in total. The molecule has 0 aliphatic carbocycles. The zero-order chi connectivity index (χ0) is 7.07. The number of nitrogens with one attached hydrogen (secondary N) is 1. The van der Waals surface area contributed by atoms with Crippen molar-refractivity contribution < 1.29 is 4.79 Å². The number of carbonyl (C=O) groups excluding carboxylic acids is 1. The third kappa shape index (κ3) is 0.812.